The minimum Gasteiger partial charge on any atom is -0.508 e. The van der Waals surface area contributed by atoms with E-state index in [9.17, 15) is 0 Å². The number of aromatic hydroxyl groups is 2. The predicted octanol–water partition coefficient (Wildman–Crippen LogP) is 28.7. The van der Waals surface area contributed by atoms with Crippen LogP contribution in [0, 0.1) is 16.7 Å². The molecular formula is C99H156O11. The molecule has 10 atom stereocenters. The predicted molar refractivity (Wildman–Crippen MR) is 462 cm³/mol. The highest BCUT2D eigenvalue weighted by Crippen LogP contribution is 2.42. The Morgan fingerprint density at radius 2 is 0.645 bits per heavy atom. The van der Waals surface area contributed by atoms with Gasteiger partial charge in [0.2, 0.25) is 6.29 Å². The van der Waals surface area contributed by atoms with Crippen LogP contribution in [-0.4, -0.2) is 75.0 Å². The lowest BCUT2D eigenvalue weighted by Gasteiger charge is -2.38. The van der Waals surface area contributed by atoms with Gasteiger partial charge in [0.05, 0.1) is 25.4 Å². The Kier molecular flexibility index (Phi) is 47.1. The van der Waals surface area contributed by atoms with Crippen LogP contribution in [0.5, 0.6) is 34.5 Å². The summed E-state index contributed by atoms with van der Waals surface area (Å²) >= 11 is 0. The van der Waals surface area contributed by atoms with Crippen LogP contribution in [0.15, 0.2) is 146 Å². The fourth-order valence-corrected chi connectivity index (χ4v) is 14.0. The normalized spacial score (nSPS) is 17.0. The summed E-state index contributed by atoms with van der Waals surface area (Å²) in [7, 11) is 3.43. The van der Waals surface area contributed by atoms with Crippen molar-refractivity contribution in [2.24, 2.45) is 16.7 Å². The molecule has 0 bridgehead atoms. The lowest BCUT2D eigenvalue weighted by Crippen LogP contribution is -2.33. The monoisotopic (exact) mass is 1520 g/mol. The minimum atomic E-state index is -0.190. The number of hydrogen-bond donors (Lipinski definition) is 2. The average Bonchev–Trinajstić information content (AvgIpc) is 0.829. The number of phenolic OH excluding ortho intramolecular Hbond substituents is 2. The summed E-state index contributed by atoms with van der Waals surface area (Å²) in [6, 6.07) is 48.8. The maximum absolute atomic E-state index is 9.01. The summed E-state index contributed by atoms with van der Waals surface area (Å²) in [4.78, 5) is 0. The molecule has 3 saturated carbocycles. The zero-order chi connectivity index (χ0) is 80.9. The van der Waals surface area contributed by atoms with Gasteiger partial charge in [-0.3, -0.25) is 0 Å². The van der Waals surface area contributed by atoms with E-state index in [4.69, 9.17) is 52.8 Å². The van der Waals surface area contributed by atoms with Gasteiger partial charge in [-0.25, -0.2) is 0 Å². The van der Waals surface area contributed by atoms with Crippen molar-refractivity contribution < 1.29 is 52.8 Å². The van der Waals surface area contributed by atoms with E-state index in [-0.39, 0.29) is 36.0 Å². The molecular weight excluding hydrogens is 1370 g/mol. The molecule has 618 valence electrons. The minimum absolute atomic E-state index is 0.150. The van der Waals surface area contributed by atoms with Gasteiger partial charge in [-0.05, 0) is 242 Å². The molecule has 3 fully saturated rings. The summed E-state index contributed by atoms with van der Waals surface area (Å²) in [6.45, 7) is 43.4. The first-order chi connectivity index (χ1) is 52.7. The van der Waals surface area contributed by atoms with Gasteiger partial charge in [0.15, 0.2) is 18.9 Å². The van der Waals surface area contributed by atoms with Crippen molar-refractivity contribution in [1.82, 2.24) is 0 Å². The SMILES string of the molecule is CCC(C)c1ccc(O)cc1.CCC(C)c1ccc(O)cc1.CCC(C)c1ccc(OC(C)OC2CCCCC2)cc1.CCC(C)c1ccc(OC(CC(C)(C)C)OC2CCCCC2)cc1.CCC(C)c1ccc(OC(CC(C)(C)C2CCCCC2)OC)cc1.CCCC(OCCOC)Oc1ccc(C(C)CC)cc1. The highest BCUT2D eigenvalue weighted by Gasteiger charge is 2.34. The zero-order valence-corrected chi connectivity index (χ0v) is 73.0. The van der Waals surface area contributed by atoms with Crippen LogP contribution in [0.3, 0.4) is 0 Å². The molecule has 9 rings (SSSR count). The maximum Gasteiger partial charge on any atom is 0.200 e. The second-order valence-electron chi connectivity index (χ2n) is 33.6. The molecule has 2 N–H and O–H groups in total. The molecule has 110 heavy (non-hydrogen) atoms. The van der Waals surface area contributed by atoms with Gasteiger partial charge >= 0.3 is 0 Å². The Morgan fingerprint density at radius 1 is 0.345 bits per heavy atom. The highest BCUT2D eigenvalue weighted by molar-refractivity contribution is 5.33. The van der Waals surface area contributed by atoms with E-state index >= 15 is 0 Å². The largest absolute Gasteiger partial charge is 0.508 e. The third-order valence-corrected chi connectivity index (χ3v) is 22.9. The number of methoxy groups -OCH3 is 2. The Hall–Kier alpha value is -6.08. The Labute approximate surface area is 671 Å². The van der Waals surface area contributed by atoms with Gasteiger partial charge in [-0.2, -0.15) is 0 Å². The lowest BCUT2D eigenvalue weighted by atomic mass is 9.69. The number of rotatable bonds is 35. The first-order valence-corrected chi connectivity index (χ1v) is 43.3. The van der Waals surface area contributed by atoms with Crippen molar-refractivity contribution in [3.05, 3.63) is 179 Å². The standard InChI is InChI=1S/2C22H36O2.C18H28O2.C17H28O3.2C10H14O/c1-6-17(2)18-12-14-20(15-13-18)24-21(23-5)16-22(3,4)19-10-8-7-9-11-19;1-6-17(2)18-12-14-20(15-13-18)24-21(16-22(3,4)5)23-19-10-8-7-9-11-19;1-4-14(2)16-10-12-18(13-11-16)20-15(3)19-17-8-6-5-7-9-17;1-5-7-17(19-13-12-18-4)20-16-10-8-15(9-11-16)14(3)6-2;2*1-3-8(2)9-4-6-10(11)7-5-9/h2*12-15,17,19,21H,6-11,16H2,1-5H3;10-15,17H,4-9H2,1-3H3;8-11,14,17H,5-7,12-13H2,1-4H3;2*4-8,11H,3H2,1-2H3. The zero-order valence-electron chi connectivity index (χ0n) is 73.0. The van der Waals surface area contributed by atoms with Crippen LogP contribution in [0.25, 0.3) is 0 Å². The molecule has 0 spiro atoms. The van der Waals surface area contributed by atoms with E-state index in [0.29, 0.717) is 72.4 Å². The summed E-state index contributed by atoms with van der Waals surface area (Å²) in [6.07, 6.45) is 30.2. The van der Waals surface area contributed by atoms with Crippen LogP contribution in [-0.2, 0) is 23.7 Å². The van der Waals surface area contributed by atoms with Crippen LogP contribution in [0.1, 0.15) is 361 Å². The summed E-state index contributed by atoms with van der Waals surface area (Å²) in [5.41, 5.74) is 8.53. The van der Waals surface area contributed by atoms with E-state index in [1.54, 1.807) is 38.5 Å². The molecule has 0 amide bonds. The third kappa shape index (κ3) is 38.6. The van der Waals surface area contributed by atoms with E-state index < -0.39 is 0 Å². The Balaban J connectivity index is 0.000000285. The van der Waals surface area contributed by atoms with Crippen molar-refractivity contribution >= 4 is 0 Å². The van der Waals surface area contributed by atoms with Gasteiger partial charge in [-0.15, -0.1) is 0 Å². The fourth-order valence-electron chi connectivity index (χ4n) is 14.0. The lowest BCUT2D eigenvalue weighted by molar-refractivity contribution is -0.142. The molecule has 0 heterocycles. The topological polar surface area (TPSA) is 124 Å². The van der Waals surface area contributed by atoms with E-state index in [1.807, 2.05) is 43.3 Å². The second kappa shape index (κ2) is 53.8. The molecule has 3 aliphatic rings. The quantitative estimate of drug-likeness (QED) is 0.0292. The molecule has 0 radical (unpaired) electrons. The molecule has 6 aromatic rings. The summed E-state index contributed by atoms with van der Waals surface area (Å²) in [5, 5.41) is 18.0. The van der Waals surface area contributed by atoms with Gasteiger partial charge in [0.1, 0.15) is 34.5 Å². The Bertz CT molecular complexity index is 3150. The van der Waals surface area contributed by atoms with Crippen LogP contribution >= 0.6 is 0 Å². The van der Waals surface area contributed by atoms with Gasteiger partial charge in [0, 0.05) is 33.5 Å². The molecule has 6 aromatic carbocycles. The van der Waals surface area contributed by atoms with Crippen molar-refractivity contribution in [3.63, 3.8) is 0 Å². The fraction of sp³-hybridized carbons (Fsp3) is 0.636. The highest BCUT2D eigenvalue weighted by atomic mass is 16.7. The van der Waals surface area contributed by atoms with Crippen molar-refractivity contribution in [2.45, 2.75) is 365 Å². The maximum atomic E-state index is 9.01. The molecule has 11 heteroatoms. The van der Waals surface area contributed by atoms with Crippen LogP contribution in [0.4, 0.5) is 0 Å². The summed E-state index contributed by atoms with van der Waals surface area (Å²) in [5.74, 6) is 8.67. The van der Waals surface area contributed by atoms with Gasteiger partial charge < -0.3 is 52.8 Å². The first-order valence-electron chi connectivity index (χ1n) is 43.3. The molecule has 10 unspecified atom stereocenters. The molecule has 3 aliphatic carbocycles. The second-order valence-corrected chi connectivity index (χ2v) is 33.6. The van der Waals surface area contributed by atoms with Crippen molar-refractivity contribution in [2.75, 3.05) is 27.4 Å². The van der Waals surface area contributed by atoms with E-state index in [0.717, 1.165) is 86.7 Å². The first kappa shape index (κ1) is 96.3. The van der Waals surface area contributed by atoms with E-state index in [2.05, 4.69) is 210 Å². The van der Waals surface area contributed by atoms with E-state index in [1.165, 1.54) is 136 Å². The van der Waals surface area contributed by atoms with Gasteiger partial charge in [-0.1, -0.05) is 262 Å². The number of ether oxygens (including phenoxy) is 9. The molecule has 0 saturated heterocycles. The molecule has 11 nitrogen and oxygen atoms in total. The van der Waals surface area contributed by atoms with Crippen LogP contribution in [0.2, 0.25) is 0 Å². The number of phenols is 2. The average molecular weight is 1520 g/mol. The molecule has 0 aliphatic heterocycles. The van der Waals surface area contributed by atoms with Crippen LogP contribution < -0.4 is 18.9 Å². The van der Waals surface area contributed by atoms with Crippen molar-refractivity contribution in [1.29, 1.82) is 0 Å². The third-order valence-electron chi connectivity index (χ3n) is 22.9. The van der Waals surface area contributed by atoms with Gasteiger partial charge in [0.25, 0.3) is 0 Å². The van der Waals surface area contributed by atoms with Crippen molar-refractivity contribution in [3.8, 4) is 34.5 Å². The Morgan fingerprint density at radius 3 is 0.955 bits per heavy atom. The number of hydrogen-bond acceptors (Lipinski definition) is 11. The summed E-state index contributed by atoms with van der Waals surface area (Å²) < 4.78 is 52.8. The smallest absolute Gasteiger partial charge is 0.200 e. The molecule has 0 aromatic heterocycles. The number of benzene rings is 6.